The van der Waals surface area contributed by atoms with Crippen LogP contribution in [0.3, 0.4) is 0 Å². The van der Waals surface area contributed by atoms with Crippen LogP contribution in [-0.2, 0) is 9.59 Å². The van der Waals surface area contributed by atoms with E-state index in [9.17, 15) is 18.4 Å². The fourth-order valence-electron chi connectivity index (χ4n) is 2.55. The number of alkyl halides is 2. The maximum Gasteiger partial charge on any atom is 0.387 e. The van der Waals surface area contributed by atoms with Crippen LogP contribution in [0.4, 0.5) is 8.78 Å². The Labute approximate surface area is 149 Å². The number of carbonyl (C=O) groups is 2. The molecule has 1 N–H and O–H groups in total. The molecule has 0 aliphatic carbocycles. The zero-order valence-corrected chi connectivity index (χ0v) is 14.4. The maximum absolute atomic E-state index is 12.3. The van der Waals surface area contributed by atoms with Crippen LogP contribution in [-0.4, -0.2) is 49.7 Å². The fraction of sp³-hybridized carbons (Fsp3) is 0.471. The molecule has 1 saturated heterocycles. The molecule has 26 heavy (non-hydrogen) atoms. The Morgan fingerprint density at radius 2 is 2.15 bits per heavy atom. The van der Waals surface area contributed by atoms with Crippen molar-refractivity contribution >= 4 is 18.0 Å². The fourth-order valence-corrected chi connectivity index (χ4v) is 2.55. The summed E-state index contributed by atoms with van der Waals surface area (Å²) >= 11 is 0. The minimum absolute atomic E-state index is 0.0269. The smallest absolute Gasteiger partial charge is 0.387 e. The summed E-state index contributed by atoms with van der Waals surface area (Å²) in [4.78, 5) is 25.3. The van der Waals surface area contributed by atoms with Gasteiger partial charge >= 0.3 is 6.61 Å². The van der Waals surface area contributed by atoms with E-state index in [1.54, 1.807) is 0 Å². The van der Waals surface area contributed by atoms with Crippen molar-refractivity contribution in [3.05, 3.63) is 23.8 Å². The quantitative estimate of drug-likeness (QED) is 0.590. The lowest BCUT2D eigenvalue weighted by molar-refractivity contribution is -0.135. The molecule has 1 fully saturated rings. The molecule has 1 aromatic carbocycles. The number of nitrogens with zero attached hydrogens (tertiary/aromatic N) is 2. The first-order valence-electron chi connectivity index (χ1n) is 8.22. The number of rotatable bonds is 7. The van der Waals surface area contributed by atoms with Crippen molar-refractivity contribution in [3.63, 3.8) is 0 Å². The van der Waals surface area contributed by atoms with Gasteiger partial charge in [0.2, 0.25) is 5.91 Å². The van der Waals surface area contributed by atoms with Gasteiger partial charge in [0.05, 0.1) is 13.3 Å². The zero-order chi connectivity index (χ0) is 18.9. The summed E-state index contributed by atoms with van der Waals surface area (Å²) < 4.78 is 33.9. The Hall–Kier alpha value is -2.71. The van der Waals surface area contributed by atoms with Gasteiger partial charge in [-0.1, -0.05) is 6.42 Å². The number of ether oxygens (including phenoxy) is 2. The number of nitrogens with one attached hydrogen (secondary N) is 1. The summed E-state index contributed by atoms with van der Waals surface area (Å²) in [6, 6.07) is 4.27. The molecule has 1 heterocycles. The lowest BCUT2D eigenvalue weighted by atomic mass is 10.2. The third-order valence-electron chi connectivity index (χ3n) is 3.81. The van der Waals surface area contributed by atoms with Crippen LogP contribution in [0.15, 0.2) is 23.3 Å². The van der Waals surface area contributed by atoms with Gasteiger partial charge in [0, 0.05) is 13.0 Å². The average Bonchev–Trinajstić information content (AvgIpc) is 2.80. The second-order valence-corrected chi connectivity index (χ2v) is 5.71. The van der Waals surface area contributed by atoms with Gasteiger partial charge in [-0.05, 0) is 36.6 Å². The highest BCUT2D eigenvalue weighted by molar-refractivity contribution is 5.86. The molecule has 2 rings (SSSR count). The number of carbonyl (C=O) groups excluding carboxylic acids is 2. The standard InChI is InChI=1S/C17H21F2N3O4/c1-25-14-9-12(6-7-13(14)26-17(18)19)10-20-21-15(23)11-22-8-4-2-3-5-16(22)24/h6-7,9-10,17H,2-5,8,11H2,1H3,(H,21,23)/b20-10-. The lowest BCUT2D eigenvalue weighted by Gasteiger charge is -2.18. The van der Waals surface area contributed by atoms with Crippen molar-refractivity contribution in [2.24, 2.45) is 5.10 Å². The van der Waals surface area contributed by atoms with Gasteiger partial charge in [0.15, 0.2) is 11.5 Å². The van der Waals surface area contributed by atoms with Crippen LogP contribution >= 0.6 is 0 Å². The van der Waals surface area contributed by atoms with E-state index in [-0.39, 0.29) is 24.0 Å². The summed E-state index contributed by atoms with van der Waals surface area (Å²) in [5.74, 6) is -0.402. The Morgan fingerprint density at radius 3 is 2.88 bits per heavy atom. The molecule has 0 aromatic heterocycles. The van der Waals surface area contributed by atoms with E-state index in [1.165, 1.54) is 36.4 Å². The van der Waals surface area contributed by atoms with Crippen molar-refractivity contribution in [2.45, 2.75) is 32.3 Å². The topological polar surface area (TPSA) is 80.2 Å². The van der Waals surface area contributed by atoms with Gasteiger partial charge < -0.3 is 14.4 Å². The van der Waals surface area contributed by atoms with Crippen molar-refractivity contribution in [1.82, 2.24) is 10.3 Å². The van der Waals surface area contributed by atoms with Gasteiger partial charge in [-0.3, -0.25) is 9.59 Å². The Bertz CT molecular complexity index is 667. The van der Waals surface area contributed by atoms with Crippen molar-refractivity contribution in [3.8, 4) is 11.5 Å². The first-order valence-corrected chi connectivity index (χ1v) is 8.22. The predicted molar refractivity (Wildman–Crippen MR) is 90.4 cm³/mol. The van der Waals surface area contributed by atoms with Crippen LogP contribution < -0.4 is 14.9 Å². The number of benzene rings is 1. The second-order valence-electron chi connectivity index (χ2n) is 5.71. The minimum Gasteiger partial charge on any atom is -0.493 e. The van der Waals surface area contributed by atoms with E-state index in [0.29, 0.717) is 18.5 Å². The number of methoxy groups -OCH3 is 1. The number of amides is 2. The molecule has 0 unspecified atom stereocenters. The number of hydrogen-bond donors (Lipinski definition) is 1. The van der Waals surface area contributed by atoms with Crippen LogP contribution in [0.5, 0.6) is 11.5 Å². The van der Waals surface area contributed by atoms with E-state index in [4.69, 9.17) is 4.74 Å². The molecule has 1 aromatic rings. The van der Waals surface area contributed by atoms with Gasteiger partial charge in [-0.2, -0.15) is 13.9 Å². The number of likely N-dealkylation sites (tertiary alicyclic amines) is 1. The zero-order valence-electron chi connectivity index (χ0n) is 14.4. The normalized spacial score (nSPS) is 15.2. The molecule has 0 saturated carbocycles. The lowest BCUT2D eigenvalue weighted by Crippen LogP contribution is -2.39. The van der Waals surface area contributed by atoms with Gasteiger partial charge in [-0.15, -0.1) is 0 Å². The molecule has 142 valence electrons. The van der Waals surface area contributed by atoms with Gasteiger partial charge in [0.25, 0.3) is 5.91 Å². The number of hydrogen-bond acceptors (Lipinski definition) is 5. The molecule has 0 atom stereocenters. The van der Waals surface area contributed by atoms with Gasteiger partial charge in [0.1, 0.15) is 6.54 Å². The predicted octanol–water partition coefficient (Wildman–Crippen LogP) is 2.15. The van der Waals surface area contributed by atoms with E-state index >= 15 is 0 Å². The molecular weight excluding hydrogens is 348 g/mol. The van der Waals surface area contributed by atoms with Crippen LogP contribution in [0.1, 0.15) is 31.2 Å². The summed E-state index contributed by atoms with van der Waals surface area (Å²) in [5.41, 5.74) is 2.87. The number of halogens is 2. The third kappa shape index (κ3) is 5.98. The van der Waals surface area contributed by atoms with E-state index in [0.717, 1.165) is 19.3 Å². The molecule has 9 heteroatoms. The summed E-state index contributed by atoms with van der Waals surface area (Å²) in [6.07, 6.45) is 4.52. The molecular formula is C17H21F2N3O4. The molecule has 1 aliphatic heterocycles. The Kier molecular flexibility index (Phi) is 7.31. The SMILES string of the molecule is COc1cc(/C=N\NC(=O)CN2CCCCCC2=O)ccc1OC(F)F. The highest BCUT2D eigenvalue weighted by Gasteiger charge is 2.18. The number of hydrazone groups is 1. The summed E-state index contributed by atoms with van der Waals surface area (Å²) in [5, 5.41) is 3.81. The van der Waals surface area contributed by atoms with Crippen molar-refractivity contribution < 1.29 is 27.8 Å². The van der Waals surface area contributed by atoms with Crippen LogP contribution in [0.25, 0.3) is 0 Å². The first kappa shape index (κ1) is 19.6. The van der Waals surface area contributed by atoms with Crippen LogP contribution in [0, 0.1) is 0 Å². The molecule has 0 radical (unpaired) electrons. The summed E-state index contributed by atoms with van der Waals surface area (Å²) in [7, 11) is 1.33. The molecule has 1 aliphatic rings. The largest absolute Gasteiger partial charge is 0.493 e. The Morgan fingerprint density at radius 1 is 1.35 bits per heavy atom. The van der Waals surface area contributed by atoms with E-state index < -0.39 is 12.5 Å². The van der Waals surface area contributed by atoms with E-state index in [2.05, 4.69) is 15.3 Å². The second kappa shape index (κ2) is 9.69. The monoisotopic (exact) mass is 369 g/mol. The molecule has 7 nitrogen and oxygen atoms in total. The van der Waals surface area contributed by atoms with Crippen LogP contribution in [0.2, 0.25) is 0 Å². The molecule has 0 bridgehead atoms. The van der Waals surface area contributed by atoms with Crippen molar-refractivity contribution in [1.29, 1.82) is 0 Å². The molecule has 0 spiro atoms. The highest BCUT2D eigenvalue weighted by atomic mass is 19.3. The Balaban J connectivity index is 1.90. The molecule has 2 amide bonds. The highest BCUT2D eigenvalue weighted by Crippen LogP contribution is 2.28. The minimum atomic E-state index is -2.95. The third-order valence-corrected chi connectivity index (χ3v) is 3.81. The first-order chi connectivity index (χ1) is 12.5. The summed E-state index contributed by atoms with van der Waals surface area (Å²) in [6.45, 7) is -2.43. The average molecular weight is 369 g/mol. The maximum atomic E-state index is 12.3. The van der Waals surface area contributed by atoms with Gasteiger partial charge in [-0.25, -0.2) is 5.43 Å². The van der Waals surface area contributed by atoms with E-state index in [1.807, 2.05) is 0 Å². The van der Waals surface area contributed by atoms with Crippen molar-refractivity contribution in [2.75, 3.05) is 20.2 Å².